The van der Waals surface area contributed by atoms with E-state index in [0.29, 0.717) is 5.65 Å². The average Bonchev–Trinajstić information content (AvgIpc) is 2.33. The fraction of sp³-hybridized carbons (Fsp3) is 0.143. The molecule has 2 heterocycles. The molecule has 0 atom stereocenters. The van der Waals surface area contributed by atoms with E-state index in [-0.39, 0.29) is 5.69 Å². The lowest BCUT2D eigenvalue weighted by Gasteiger charge is -1.95. The maximum absolute atomic E-state index is 11.1. The van der Waals surface area contributed by atoms with Crippen molar-refractivity contribution in [2.24, 2.45) is 0 Å². The molecule has 5 heteroatoms. The molecule has 0 aliphatic rings. The molecular formula is C7H6BrN3O. The van der Waals surface area contributed by atoms with Crippen LogP contribution in [0.2, 0.25) is 0 Å². The summed E-state index contributed by atoms with van der Waals surface area (Å²) in [5, 5.41) is 6.24. The fourth-order valence-electron chi connectivity index (χ4n) is 1.13. The Bertz CT molecular complexity index is 485. The first-order valence-corrected chi connectivity index (χ1v) is 4.20. The summed E-state index contributed by atoms with van der Waals surface area (Å²) in [6.45, 7) is 1.90. The van der Waals surface area contributed by atoms with Crippen LogP contribution in [0.4, 0.5) is 0 Å². The maximum Gasteiger partial charge on any atom is 0.347 e. The summed E-state index contributed by atoms with van der Waals surface area (Å²) >= 11 is 3.30. The molecule has 0 aliphatic heterocycles. The van der Waals surface area contributed by atoms with Crippen molar-refractivity contribution < 1.29 is 0 Å². The van der Waals surface area contributed by atoms with E-state index in [1.807, 2.05) is 13.0 Å². The number of aryl methyl sites for hydroxylation is 1. The van der Waals surface area contributed by atoms with Gasteiger partial charge in [-0.1, -0.05) is 0 Å². The molecule has 12 heavy (non-hydrogen) atoms. The van der Waals surface area contributed by atoms with Crippen molar-refractivity contribution in [3.8, 4) is 0 Å². The van der Waals surface area contributed by atoms with Gasteiger partial charge in [-0.2, -0.15) is 5.10 Å². The molecule has 2 aromatic rings. The van der Waals surface area contributed by atoms with Crippen LogP contribution in [0.15, 0.2) is 21.5 Å². The molecule has 1 N–H and O–H groups in total. The minimum absolute atomic E-state index is 0.214. The van der Waals surface area contributed by atoms with Gasteiger partial charge >= 0.3 is 5.69 Å². The molecule has 0 spiro atoms. The molecule has 0 unspecified atom stereocenters. The number of rotatable bonds is 0. The summed E-state index contributed by atoms with van der Waals surface area (Å²) in [5.41, 5.74) is 1.42. The normalized spacial score (nSPS) is 10.8. The van der Waals surface area contributed by atoms with Gasteiger partial charge in [0.15, 0.2) is 5.65 Å². The van der Waals surface area contributed by atoms with E-state index in [9.17, 15) is 4.79 Å². The van der Waals surface area contributed by atoms with Crippen LogP contribution in [-0.4, -0.2) is 14.6 Å². The molecule has 4 nitrogen and oxygen atoms in total. The number of halogens is 1. The Labute approximate surface area is 76.4 Å². The lowest BCUT2D eigenvalue weighted by molar-refractivity contribution is 1.02. The molecule has 0 aliphatic carbocycles. The van der Waals surface area contributed by atoms with Crippen molar-refractivity contribution in [1.82, 2.24) is 14.6 Å². The maximum atomic E-state index is 11.1. The number of fused-ring (bicyclic) bond motifs is 1. The van der Waals surface area contributed by atoms with Gasteiger partial charge in [0.05, 0.1) is 0 Å². The molecule has 0 radical (unpaired) electrons. The summed E-state index contributed by atoms with van der Waals surface area (Å²) in [4.78, 5) is 11.1. The second-order valence-corrected chi connectivity index (χ2v) is 3.48. The summed E-state index contributed by atoms with van der Waals surface area (Å²) in [7, 11) is 0. The largest absolute Gasteiger partial charge is 0.347 e. The molecule has 0 amide bonds. The highest BCUT2D eigenvalue weighted by atomic mass is 79.9. The first kappa shape index (κ1) is 7.54. The third-order valence-corrected chi connectivity index (χ3v) is 2.10. The SMILES string of the molecule is Cc1cc(Br)cn2c(=O)[nH]nc12. The summed E-state index contributed by atoms with van der Waals surface area (Å²) in [5.74, 6) is 0. The van der Waals surface area contributed by atoms with Gasteiger partial charge in [0, 0.05) is 10.7 Å². The summed E-state index contributed by atoms with van der Waals surface area (Å²) < 4.78 is 2.34. The van der Waals surface area contributed by atoms with Gasteiger partial charge in [0.1, 0.15) is 0 Å². The molecule has 0 aromatic carbocycles. The molecule has 0 saturated carbocycles. The van der Waals surface area contributed by atoms with Crippen LogP contribution >= 0.6 is 15.9 Å². The van der Waals surface area contributed by atoms with Crippen molar-refractivity contribution >= 4 is 21.6 Å². The van der Waals surface area contributed by atoms with Crippen molar-refractivity contribution in [3.63, 3.8) is 0 Å². The van der Waals surface area contributed by atoms with Crippen molar-refractivity contribution in [2.45, 2.75) is 6.92 Å². The highest BCUT2D eigenvalue weighted by Crippen LogP contribution is 2.13. The van der Waals surface area contributed by atoms with Crippen LogP contribution in [0.1, 0.15) is 5.56 Å². The van der Waals surface area contributed by atoms with Crippen LogP contribution < -0.4 is 5.69 Å². The third kappa shape index (κ3) is 0.972. The molecule has 0 saturated heterocycles. The van der Waals surface area contributed by atoms with Gasteiger partial charge in [-0.3, -0.25) is 0 Å². The molecule has 0 fully saturated rings. The molecule has 2 rings (SSSR count). The van der Waals surface area contributed by atoms with Crippen LogP contribution in [0, 0.1) is 6.92 Å². The summed E-state index contributed by atoms with van der Waals surface area (Å²) in [6, 6.07) is 1.91. The van der Waals surface area contributed by atoms with E-state index >= 15 is 0 Å². The van der Waals surface area contributed by atoms with Gasteiger partial charge in [0.25, 0.3) is 0 Å². The molecular weight excluding hydrogens is 222 g/mol. The topological polar surface area (TPSA) is 50.2 Å². The monoisotopic (exact) mass is 227 g/mol. The van der Waals surface area contributed by atoms with Crippen molar-refractivity contribution in [2.75, 3.05) is 0 Å². The quantitative estimate of drug-likeness (QED) is 0.733. The van der Waals surface area contributed by atoms with E-state index < -0.39 is 0 Å². The van der Waals surface area contributed by atoms with E-state index in [0.717, 1.165) is 10.0 Å². The van der Waals surface area contributed by atoms with Crippen molar-refractivity contribution in [3.05, 3.63) is 32.8 Å². The van der Waals surface area contributed by atoms with Gasteiger partial charge < -0.3 is 0 Å². The van der Waals surface area contributed by atoms with E-state index in [1.165, 1.54) is 4.40 Å². The van der Waals surface area contributed by atoms with Gasteiger partial charge in [-0.05, 0) is 34.5 Å². The fourth-order valence-corrected chi connectivity index (χ4v) is 1.68. The zero-order valence-corrected chi connectivity index (χ0v) is 7.92. The molecule has 62 valence electrons. The zero-order valence-electron chi connectivity index (χ0n) is 6.34. The van der Waals surface area contributed by atoms with E-state index in [2.05, 4.69) is 26.1 Å². The Morgan fingerprint density at radius 2 is 2.42 bits per heavy atom. The second kappa shape index (κ2) is 2.45. The lowest BCUT2D eigenvalue weighted by Crippen LogP contribution is -2.08. The first-order valence-electron chi connectivity index (χ1n) is 3.41. The Balaban J connectivity index is 3.02. The number of nitrogens with zero attached hydrogens (tertiary/aromatic N) is 2. The minimum Gasteiger partial charge on any atom is -0.249 e. The van der Waals surface area contributed by atoms with Crippen LogP contribution in [0.5, 0.6) is 0 Å². The van der Waals surface area contributed by atoms with Crippen LogP contribution in [0.3, 0.4) is 0 Å². The predicted molar refractivity (Wildman–Crippen MR) is 48.2 cm³/mol. The Kier molecular flexibility index (Phi) is 1.54. The number of aromatic amines is 1. The zero-order chi connectivity index (χ0) is 8.72. The first-order chi connectivity index (χ1) is 5.68. The molecule has 2 aromatic heterocycles. The highest BCUT2D eigenvalue weighted by molar-refractivity contribution is 9.10. The predicted octanol–water partition coefficient (Wildman–Crippen LogP) is 1.09. The van der Waals surface area contributed by atoms with Gasteiger partial charge in [-0.25, -0.2) is 14.3 Å². The number of aromatic nitrogens is 3. The number of hydrogen-bond donors (Lipinski definition) is 1. The lowest BCUT2D eigenvalue weighted by atomic mass is 10.3. The number of pyridine rings is 1. The van der Waals surface area contributed by atoms with E-state index in [1.54, 1.807) is 6.20 Å². The summed E-state index contributed by atoms with van der Waals surface area (Å²) in [6.07, 6.45) is 1.69. The average molecular weight is 228 g/mol. The number of H-pyrrole nitrogens is 1. The smallest absolute Gasteiger partial charge is 0.249 e. The molecule has 0 bridgehead atoms. The Hall–Kier alpha value is -1.10. The van der Waals surface area contributed by atoms with Gasteiger partial charge in [-0.15, -0.1) is 0 Å². The second-order valence-electron chi connectivity index (χ2n) is 2.56. The van der Waals surface area contributed by atoms with E-state index in [4.69, 9.17) is 0 Å². The Morgan fingerprint density at radius 1 is 1.67 bits per heavy atom. The number of nitrogens with one attached hydrogen (secondary N) is 1. The van der Waals surface area contributed by atoms with Crippen molar-refractivity contribution in [1.29, 1.82) is 0 Å². The van der Waals surface area contributed by atoms with Gasteiger partial charge in [0.2, 0.25) is 0 Å². The number of hydrogen-bond acceptors (Lipinski definition) is 2. The Morgan fingerprint density at radius 3 is 3.17 bits per heavy atom. The standard InChI is InChI=1S/C7H6BrN3O/c1-4-2-5(8)3-11-6(4)9-10-7(11)12/h2-3H,1H3,(H,10,12). The highest BCUT2D eigenvalue weighted by Gasteiger charge is 2.02. The third-order valence-electron chi connectivity index (χ3n) is 1.66. The van der Waals surface area contributed by atoms with Crippen LogP contribution in [0.25, 0.3) is 5.65 Å². The minimum atomic E-state index is -0.214. The van der Waals surface area contributed by atoms with Crippen LogP contribution in [-0.2, 0) is 0 Å².